The number of thiocarbonyl (C=S) groups is 1. The summed E-state index contributed by atoms with van der Waals surface area (Å²) in [6.45, 7) is 2.06. The van der Waals surface area contributed by atoms with E-state index in [1.807, 2.05) is 22.6 Å². The number of carbonyl (C=O) groups is 2. The van der Waals surface area contributed by atoms with Crippen LogP contribution >= 0.6 is 34.8 Å². The average Bonchev–Trinajstić information content (AvgIpc) is 2.40. The topological polar surface area (TPSA) is 78.4 Å². The van der Waals surface area contributed by atoms with Crippen molar-refractivity contribution < 1.29 is 14.7 Å². The molecule has 1 aromatic carbocycles. The molecule has 1 amide bonds. The minimum absolute atomic E-state index is 0.111. The molecule has 0 radical (unpaired) electrons. The van der Waals surface area contributed by atoms with E-state index in [0.29, 0.717) is 12.1 Å². The number of anilines is 1. The highest BCUT2D eigenvalue weighted by Gasteiger charge is 2.12. The lowest BCUT2D eigenvalue weighted by Crippen LogP contribution is -2.34. The summed E-state index contributed by atoms with van der Waals surface area (Å²) in [7, 11) is 0. The molecule has 0 saturated carbocycles. The number of carbonyl (C=O) groups excluding carboxylic acids is 1. The summed E-state index contributed by atoms with van der Waals surface area (Å²) in [6.07, 6.45) is 3.26. The van der Waals surface area contributed by atoms with Gasteiger partial charge in [-0.1, -0.05) is 19.8 Å². The van der Waals surface area contributed by atoms with Crippen LogP contribution in [0.3, 0.4) is 0 Å². The first-order chi connectivity index (χ1) is 9.93. The van der Waals surface area contributed by atoms with Gasteiger partial charge >= 0.3 is 5.97 Å². The maximum atomic E-state index is 11.6. The summed E-state index contributed by atoms with van der Waals surface area (Å²) >= 11 is 7.07. The molecule has 0 aliphatic carbocycles. The zero-order valence-corrected chi connectivity index (χ0v) is 14.6. The first-order valence-corrected chi connectivity index (χ1v) is 8.06. The Balaban J connectivity index is 2.63. The third-order valence-corrected chi connectivity index (χ3v) is 3.60. The molecule has 5 nitrogen and oxygen atoms in total. The van der Waals surface area contributed by atoms with Gasteiger partial charge in [-0.05, 0) is 59.4 Å². The number of benzene rings is 1. The van der Waals surface area contributed by atoms with Gasteiger partial charge in [0.25, 0.3) is 0 Å². The van der Waals surface area contributed by atoms with Crippen LogP contribution in [0.2, 0.25) is 0 Å². The number of aromatic carboxylic acids is 1. The normalized spacial score (nSPS) is 10.0. The molecule has 7 heteroatoms. The van der Waals surface area contributed by atoms with Crippen LogP contribution in [-0.4, -0.2) is 22.1 Å². The van der Waals surface area contributed by atoms with Gasteiger partial charge in [-0.15, -0.1) is 0 Å². The minimum atomic E-state index is -1.05. The molecule has 1 rings (SSSR count). The molecular formula is C14H17IN2O3S. The largest absolute Gasteiger partial charge is 0.478 e. The molecule has 0 aliphatic heterocycles. The van der Waals surface area contributed by atoms with Crippen molar-refractivity contribution in [1.82, 2.24) is 5.32 Å². The molecule has 0 unspecified atom stereocenters. The Kier molecular flexibility index (Phi) is 7.58. The quantitative estimate of drug-likeness (QED) is 0.374. The van der Waals surface area contributed by atoms with Crippen molar-refractivity contribution in [3.63, 3.8) is 0 Å². The number of nitrogens with one attached hydrogen (secondary N) is 2. The van der Waals surface area contributed by atoms with Gasteiger partial charge in [0.2, 0.25) is 5.91 Å². The number of halogens is 1. The molecule has 0 aliphatic rings. The second kappa shape index (κ2) is 8.93. The fourth-order valence-corrected chi connectivity index (χ4v) is 2.40. The van der Waals surface area contributed by atoms with E-state index in [2.05, 4.69) is 17.6 Å². The van der Waals surface area contributed by atoms with Crippen molar-refractivity contribution in [3.05, 3.63) is 27.3 Å². The van der Waals surface area contributed by atoms with E-state index in [1.54, 1.807) is 12.1 Å². The van der Waals surface area contributed by atoms with Crippen molar-refractivity contribution in [2.24, 2.45) is 0 Å². The zero-order valence-electron chi connectivity index (χ0n) is 11.6. The molecule has 0 atom stereocenters. The third kappa shape index (κ3) is 6.38. The van der Waals surface area contributed by atoms with Crippen LogP contribution in [0, 0.1) is 3.57 Å². The lowest BCUT2D eigenvalue weighted by Gasteiger charge is -2.12. The van der Waals surface area contributed by atoms with Gasteiger partial charge in [-0.25, -0.2) is 4.79 Å². The van der Waals surface area contributed by atoms with E-state index in [0.717, 1.165) is 22.8 Å². The molecule has 1 aromatic rings. The Morgan fingerprint density at radius 1 is 1.33 bits per heavy atom. The van der Waals surface area contributed by atoms with Crippen molar-refractivity contribution in [3.8, 4) is 0 Å². The van der Waals surface area contributed by atoms with Crippen LogP contribution in [0.5, 0.6) is 0 Å². The van der Waals surface area contributed by atoms with E-state index >= 15 is 0 Å². The number of unbranched alkanes of at least 4 members (excludes halogenated alkanes) is 2. The SMILES string of the molecule is CCCCCC(=O)NC(=S)Nc1ccc(I)cc1C(=O)O. The minimum Gasteiger partial charge on any atom is -0.478 e. The van der Waals surface area contributed by atoms with Crippen LogP contribution in [0.15, 0.2) is 18.2 Å². The highest BCUT2D eigenvalue weighted by atomic mass is 127. The summed E-state index contributed by atoms with van der Waals surface area (Å²) in [5.74, 6) is -1.21. The van der Waals surface area contributed by atoms with Gasteiger partial charge in [0, 0.05) is 9.99 Å². The first-order valence-electron chi connectivity index (χ1n) is 6.57. The van der Waals surface area contributed by atoms with Crippen LogP contribution in [0.1, 0.15) is 43.0 Å². The van der Waals surface area contributed by atoms with Gasteiger partial charge in [-0.3, -0.25) is 4.79 Å². The number of carboxylic acids is 1. The Hall–Kier alpha value is -1.22. The molecule has 0 spiro atoms. The zero-order chi connectivity index (χ0) is 15.8. The molecule has 0 fully saturated rings. The van der Waals surface area contributed by atoms with Crippen molar-refractivity contribution in [2.75, 3.05) is 5.32 Å². The molecule has 114 valence electrons. The third-order valence-electron chi connectivity index (χ3n) is 2.72. The number of hydrogen-bond donors (Lipinski definition) is 3. The van der Waals surface area contributed by atoms with Crippen LogP contribution < -0.4 is 10.6 Å². The van der Waals surface area contributed by atoms with E-state index in [-0.39, 0.29) is 16.6 Å². The number of amides is 1. The van der Waals surface area contributed by atoms with Crippen LogP contribution in [0.4, 0.5) is 5.69 Å². The van der Waals surface area contributed by atoms with Gasteiger partial charge in [-0.2, -0.15) is 0 Å². The lowest BCUT2D eigenvalue weighted by atomic mass is 10.2. The van der Waals surface area contributed by atoms with E-state index in [9.17, 15) is 9.59 Å². The van der Waals surface area contributed by atoms with Crippen molar-refractivity contribution in [2.45, 2.75) is 32.6 Å². The summed E-state index contributed by atoms with van der Waals surface area (Å²) < 4.78 is 0.810. The fraction of sp³-hybridized carbons (Fsp3) is 0.357. The second-order valence-electron chi connectivity index (χ2n) is 4.45. The molecule has 3 N–H and O–H groups in total. The summed E-state index contributed by atoms with van der Waals surface area (Å²) in [5, 5.41) is 14.6. The van der Waals surface area contributed by atoms with Crippen molar-refractivity contribution in [1.29, 1.82) is 0 Å². The maximum Gasteiger partial charge on any atom is 0.337 e. The van der Waals surface area contributed by atoms with Crippen LogP contribution in [-0.2, 0) is 4.79 Å². The van der Waals surface area contributed by atoms with Gasteiger partial charge < -0.3 is 15.7 Å². The monoisotopic (exact) mass is 420 g/mol. The molecule has 0 bridgehead atoms. The number of rotatable bonds is 6. The first kappa shape index (κ1) is 17.8. The van der Waals surface area contributed by atoms with E-state index in [4.69, 9.17) is 17.3 Å². The lowest BCUT2D eigenvalue weighted by molar-refractivity contribution is -0.119. The fourth-order valence-electron chi connectivity index (χ4n) is 1.68. The highest BCUT2D eigenvalue weighted by molar-refractivity contribution is 14.1. The highest BCUT2D eigenvalue weighted by Crippen LogP contribution is 2.18. The molecule has 0 heterocycles. The maximum absolute atomic E-state index is 11.6. The van der Waals surface area contributed by atoms with E-state index < -0.39 is 5.97 Å². The summed E-state index contributed by atoms with van der Waals surface area (Å²) in [4.78, 5) is 22.8. The number of hydrogen-bond acceptors (Lipinski definition) is 3. The Morgan fingerprint density at radius 2 is 2.05 bits per heavy atom. The smallest absolute Gasteiger partial charge is 0.337 e. The molecule has 0 saturated heterocycles. The molecular weight excluding hydrogens is 403 g/mol. The standard InChI is InChI=1S/C14H17IN2O3S/c1-2-3-4-5-12(18)17-14(21)16-11-7-6-9(15)8-10(11)13(19)20/h6-8H,2-5H2,1H3,(H,19,20)(H2,16,17,18,21). The number of carboxylic acid groups (broad SMARTS) is 1. The van der Waals surface area contributed by atoms with Crippen LogP contribution in [0.25, 0.3) is 0 Å². The Bertz CT molecular complexity index is 549. The van der Waals surface area contributed by atoms with Gasteiger partial charge in [0.05, 0.1) is 11.3 Å². The van der Waals surface area contributed by atoms with Gasteiger partial charge in [0.1, 0.15) is 0 Å². The predicted octanol–water partition coefficient (Wildman–Crippen LogP) is 3.38. The molecule has 0 aromatic heterocycles. The average molecular weight is 420 g/mol. The summed E-state index contributed by atoms with van der Waals surface area (Å²) in [5.41, 5.74) is 0.478. The van der Waals surface area contributed by atoms with Gasteiger partial charge in [0.15, 0.2) is 5.11 Å². The predicted molar refractivity (Wildman–Crippen MR) is 94.6 cm³/mol. The Morgan fingerprint density at radius 3 is 2.67 bits per heavy atom. The van der Waals surface area contributed by atoms with E-state index in [1.165, 1.54) is 6.07 Å². The second-order valence-corrected chi connectivity index (χ2v) is 6.11. The van der Waals surface area contributed by atoms with Crippen molar-refractivity contribution >= 4 is 57.5 Å². The molecule has 21 heavy (non-hydrogen) atoms. The summed E-state index contributed by atoms with van der Waals surface area (Å²) in [6, 6.07) is 4.93. The Labute approximate surface area is 142 Å².